The Morgan fingerprint density at radius 3 is 2.86 bits per heavy atom. The van der Waals surface area contributed by atoms with Gasteiger partial charge in [0.1, 0.15) is 6.10 Å². The summed E-state index contributed by atoms with van der Waals surface area (Å²) in [6.07, 6.45) is 2.19. The number of nitrogens with zero attached hydrogens (tertiary/aromatic N) is 3. The van der Waals surface area contributed by atoms with Crippen LogP contribution in [0, 0.1) is 0 Å². The Balaban J connectivity index is 1.67. The molecule has 2 atom stereocenters. The second-order valence-electron chi connectivity index (χ2n) is 5.43. The molecule has 1 unspecified atom stereocenters. The molecular weight excluding hydrogens is 266 g/mol. The Bertz CT molecular complexity index is 570. The molecule has 1 fully saturated rings. The minimum Gasteiger partial charge on any atom is -0.390 e. The smallest absolute Gasteiger partial charge is 0.150 e. The molecule has 1 saturated heterocycles. The van der Waals surface area contributed by atoms with Crippen LogP contribution in [0.5, 0.6) is 0 Å². The van der Waals surface area contributed by atoms with Gasteiger partial charge in [0, 0.05) is 32.5 Å². The molecule has 0 radical (unpaired) electrons. The summed E-state index contributed by atoms with van der Waals surface area (Å²) in [5.74, 6) is 0.944. The highest BCUT2D eigenvalue weighted by molar-refractivity contribution is 5.38. The summed E-state index contributed by atoms with van der Waals surface area (Å²) in [7, 11) is 1.64. The van der Waals surface area contributed by atoms with Crippen molar-refractivity contribution in [2.45, 2.75) is 25.2 Å². The van der Waals surface area contributed by atoms with Crippen molar-refractivity contribution in [3.05, 3.63) is 48.2 Å². The molecule has 1 aromatic carbocycles. The van der Waals surface area contributed by atoms with Crippen LogP contribution in [0.4, 0.5) is 5.82 Å². The maximum atomic E-state index is 9.86. The molecule has 5 nitrogen and oxygen atoms in total. The number of aromatic nitrogens is 2. The molecule has 3 rings (SSSR count). The van der Waals surface area contributed by atoms with E-state index in [9.17, 15) is 5.11 Å². The van der Waals surface area contributed by atoms with Gasteiger partial charge in [-0.3, -0.25) is 4.68 Å². The SMILES string of the molecule is CO[C@@H]1CN(c2ccn(Cc3ccccc3)n2)CCC1O. The van der Waals surface area contributed by atoms with Crippen LogP contribution in [0.15, 0.2) is 42.6 Å². The standard InChI is InChI=1S/C16H21N3O2/c1-21-15-12-18(9-7-14(15)20)16-8-10-19(17-16)11-13-5-3-2-4-6-13/h2-6,8,10,14-15,20H,7,9,11-12H2,1H3/t14?,15-/m1/s1. The first-order chi connectivity index (χ1) is 10.3. The van der Waals surface area contributed by atoms with E-state index in [-0.39, 0.29) is 12.2 Å². The number of ether oxygens (including phenoxy) is 1. The van der Waals surface area contributed by atoms with E-state index in [2.05, 4.69) is 22.1 Å². The molecule has 0 aliphatic carbocycles. The van der Waals surface area contributed by atoms with Gasteiger partial charge < -0.3 is 14.7 Å². The number of rotatable bonds is 4. The highest BCUT2D eigenvalue weighted by atomic mass is 16.5. The molecule has 5 heteroatoms. The second kappa shape index (κ2) is 6.28. The predicted molar refractivity (Wildman–Crippen MR) is 81.4 cm³/mol. The Hall–Kier alpha value is -1.85. The molecule has 0 saturated carbocycles. The highest BCUT2D eigenvalue weighted by Crippen LogP contribution is 2.20. The van der Waals surface area contributed by atoms with E-state index in [4.69, 9.17) is 4.74 Å². The van der Waals surface area contributed by atoms with E-state index in [1.54, 1.807) is 7.11 Å². The molecule has 1 aromatic heterocycles. The van der Waals surface area contributed by atoms with Gasteiger partial charge in [0.25, 0.3) is 0 Å². The zero-order valence-corrected chi connectivity index (χ0v) is 12.2. The van der Waals surface area contributed by atoms with Crippen LogP contribution in [0.25, 0.3) is 0 Å². The van der Waals surface area contributed by atoms with E-state index in [0.717, 1.165) is 18.9 Å². The van der Waals surface area contributed by atoms with Crippen molar-refractivity contribution in [1.29, 1.82) is 0 Å². The first-order valence-electron chi connectivity index (χ1n) is 7.29. The quantitative estimate of drug-likeness (QED) is 0.926. The lowest BCUT2D eigenvalue weighted by molar-refractivity contribution is -0.0207. The molecule has 0 spiro atoms. The van der Waals surface area contributed by atoms with Gasteiger partial charge in [-0.25, -0.2) is 0 Å². The average molecular weight is 287 g/mol. The third-order valence-corrected chi connectivity index (χ3v) is 3.96. The molecule has 112 valence electrons. The lowest BCUT2D eigenvalue weighted by Crippen LogP contribution is -2.47. The van der Waals surface area contributed by atoms with Crippen molar-refractivity contribution < 1.29 is 9.84 Å². The summed E-state index contributed by atoms with van der Waals surface area (Å²) in [6, 6.07) is 12.3. The first kappa shape index (κ1) is 14.1. The van der Waals surface area contributed by atoms with Gasteiger partial charge in [-0.05, 0) is 12.0 Å². The lowest BCUT2D eigenvalue weighted by Gasteiger charge is -2.35. The highest BCUT2D eigenvalue weighted by Gasteiger charge is 2.28. The molecule has 1 aliphatic rings. The Morgan fingerprint density at radius 2 is 2.10 bits per heavy atom. The average Bonchev–Trinajstić information content (AvgIpc) is 2.97. The van der Waals surface area contributed by atoms with Crippen LogP contribution >= 0.6 is 0 Å². The molecule has 0 amide bonds. The van der Waals surface area contributed by atoms with Gasteiger partial charge in [0.2, 0.25) is 0 Å². The van der Waals surface area contributed by atoms with Crippen LogP contribution in [-0.2, 0) is 11.3 Å². The van der Waals surface area contributed by atoms with Crippen LogP contribution in [0.3, 0.4) is 0 Å². The number of hydrogen-bond acceptors (Lipinski definition) is 4. The third kappa shape index (κ3) is 3.25. The number of anilines is 1. The zero-order valence-electron chi connectivity index (χ0n) is 12.2. The Morgan fingerprint density at radius 1 is 1.29 bits per heavy atom. The van der Waals surface area contributed by atoms with Gasteiger partial charge >= 0.3 is 0 Å². The van der Waals surface area contributed by atoms with E-state index in [1.807, 2.05) is 35.1 Å². The molecule has 1 N–H and O–H groups in total. The van der Waals surface area contributed by atoms with Gasteiger partial charge in [-0.1, -0.05) is 30.3 Å². The number of hydrogen-bond donors (Lipinski definition) is 1. The maximum absolute atomic E-state index is 9.86. The van der Waals surface area contributed by atoms with Crippen molar-refractivity contribution in [3.8, 4) is 0 Å². The predicted octanol–water partition coefficient (Wildman–Crippen LogP) is 1.52. The molecule has 1 aliphatic heterocycles. The van der Waals surface area contributed by atoms with Gasteiger partial charge in [-0.2, -0.15) is 5.10 Å². The molecule has 21 heavy (non-hydrogen) atoms. The third-order valence-electron chi connectivity index (χ3n) is 3.96. The van der Waals surface area contributed by atoms with Gasteiger partial charge in [0.15, 0.2) is 5.82 Å². The summed E-state index contributed by atoms with van der Waals surface area (Å²) >= 11 is 0. The zero-order chi connectivity index (χ0) is 14.7. The van der Waals surface area contributed by atoms with Gasteiger partial charge in [0.05, 0.1) is 12.6 Å². The Kier molecular flexibility index (Phi) is 4.22. The molecular formula is C16H21N3O2. The topological polar surface area (TPSA) is 50.5 Å². The molecule has 2 aromatic rings. The number of aliphatic hydroxyl groups is 1. The van der Waals surface area contributed by atoms with Crippen LogP contribution in [0.2, 0.25) is 0 Å². The Labute approximate surface area is 124 Å². The van der Waals surface area contributed by atoms with Crippen molar-refractivity contribution in [2.75, 3.05) is 25.1 Å². The fraction of sp³-hybridized carbons (Fsp3) is 0.438. The number of aliphatic hydroxyl groups excluding tert-OH is 1. The summed E-state index contributed by atoms with van der Waals surface area (Å²) in [4.78, 5) is 2.17. The van der Waals surface area contributed by atoms with Crippen LogP contribution in [0.1, 0.15) is 12.0 Å². The summed E-state index contributed by atoms with van der Waals surface area (Å²) in [5, 5.41) is 14.5. The largest absolute Gasteiger partial charge is 0.390 e. The van der Waals surface area contributed by atoms with Crippen LogP contribution < -0.4 is 4.90 Å². The summed E-state index contributed by atoms with van der Waals surface area (Å²) in [5.41, 5.74) is 1.23. The van der Waals surface area contributed by atoms with Crippen molar-refractivity contribution in [3.63, 3.8) is 0 Å². The van der Waals surface area contributed by atoms with Crippen molar-refractivity contribution in [1.82, 2.24) is 9.78 Å². The first-order valence-corrected chi connectivity index (χ1v) is 7.29. The van der Waals surface area contributed by atoms with Crippen LogP contribution in [-0.4, -0.2) is 47.3 Å². The summed E-state index contributed by atoms with van der Waals surface area (Å²) < 4.78 is 7.27. The van der Waals surface area contributed by atoms with Crippen molar-refractivity contribution >= 4 is 5.82 Å². The molecule has 2 heterocycles. The van der Waals surface area contributed by atoms with Gasteiger partial charge in [-0.15, -0.1) is 0 Å². The van der Waals surface area contributed by atoms with E-state index < -0.39 is 0 Å². The number of piperidine rings is 1. The lowest BCUT2D eigenvalue weighted by atomic mass is 10.1. The van der Waals surface area contributed by atoms with E-state index >= 15 is 0 Å². The van der Waals surface area contributed by atoms with E-state index in [1.165, 1.54) is 5.56 Å². The van der Waals surface area contributed by atoms with Crippen molar-refractivity contribution in [2.24, 2.45) is 0 Å². The maximum Gasteiger partial charge on any atom is 0.150 e. The summed E-state index contributed by atoms with van der Waals surface area (Å²) in [6.45, 7) is 2.26. The second-order valence-corrected chi connectivity index (χ2v) is 5.43. The fourth-order valence-electron chi connectivity index (χ4n) is 2.72. The fourth-order valence-corrected chi connectivity index (χ4v) is 2.72. The monoisotopic (exact) mass is 287 g/mol. The normalized spacial score (nSPS) is 22.5. The number of methoxy groups -OCH3 is 1. The van der Waals surface area contributed by atoms with E-state index in [0.29, 0.717) is 13.0 Å². The molecule has 0 bridgehead atoms. The minimum atomic E-state index is -0.377. The number of benzene rings is 1. The minimum absolute atomic E-state index is 0.141.